The van der Waals surface area contributed by atoms with Crippen LogP contribution in [0.15, 0.2) is 89.8 Å². The van der Waals surface area contributed by atoms with Crippen LogP contribution in [-0.2, 0) is 32.5 Å². The number of carbonyl (C=O) groups excluding carboxylic acids is 1. The molecule has 0 spiro atoms. The molecule has 7 nitrogen and oxygen atoms in total. The second-order valence-corrected chi connectivity index (χ2v) is 10.1. The number of hydrogen-bond donors (Lipinski definition) is 2. The molecule has 0 aliphatic carbocycles. The fraction of sp³-hybridized carbons (Fsp3) is 0.231. The van der Waals surface area contributed by atoms with Crippen molar-refractivity contribution in [2.45, 2.75) is 36.7 Å². The minimum absolute atomic E-state index is 0.0607. The van der Waals surface area contributed by atoms with Gasteiger partial charge in [0.2, 0.25) is 15.9 Å². The molecule has 2 atom stereocenters. The molecule has 0 aliphatic heterocycles. The lowest BCUT2D eigenvalue weighted by atomic mass is 10.0. The predicted molar refractivity (Wildman–Crippen MR) is 130 cm³/mol. The first-order valence-corrected chi connectivity index (χ1v) is 12.3. The van der Waals surface area contributed by atoms with Gasteiger partial charge in [-0.2, -0.15) is 4.31 Å². The molecule has 0 bridgehead atoms. The van der Waals surface area contributed by atoms with Crippen LogP contribution in [0.3, 0.4) is 0 Å². The molecule has 0 aliphatic rings. The third kappa shape index (κ3) is 6.30. The summed E-state index contributed by atoms with van der Waals surface area (Å²) >= 11 is 0. The second-order valence-electron chi connectivity index (χ2n) is 8.13. The van der Waals surface area contributed by atoms with Gasteiger partial charge in [0.25, 0.3) is 0 Å². The number of aryl methyl sites for hydroxylation is 1. The molecular formula is C26H28N2O5S. The van der Waals surface area contributed by atoms with Gasteiger partial charge in [-0.25, -0.2) is 13.2 Å². The van der Waals surface area contributed by atoms with Crippen LogP contribution in [-0.4, -0.2) is 48.8 Å². The SMILES string of the molecule is Cc1ccc(S(=O)(=O)N(C)[C@@H](Cc2ccccc2)C(=O)N[C@@H](Cc2ccccc2)C(=O)O)cc1. The molecule has 2 N–H and O–H groups in total. The third-order valence-corrected chi connectivity index (χ3v) is 7.49. The fourth-order valence-corrected chi connectivity index (χ4v) is 4.90. The summed E-state index contributed by atoms with van der Waals surface area (Å²) in [6.45, 7) is 1.85. The van der Waals surface area contributed by atoms with E-state index < -0.39 is 34.0 Å². The van der Waals surface area contributed by atoms with Crippen molar-refractivity contribution in [1.82, 2.24) is 9.62 Å². The highest BCUT2D eigenvalue weighted by Gasteiger charge is 2.35. The van der Waals surface area contributed by atoms with Gasteiger partial charge in [0, 0.05) is 13.5 Å². The Morgan fingerprint density at radius 2 is 1.35 bits per heavy atom. The lowest BCUT2D eigenvalue weighted by Crippen LogP contribution is -2.53. The highest BCUT2D eigenvalue weighted by Crippen LogP contribution is 2.20. The van der Waals surface area contributed by atoms with E-state index in [9.17, 15) is 23.1 Å². The molecule has 0 unspecified atom stereocenters. The van der Waals surface area contributed by atoms with Gasteiger partial charge < -0.3 is 10.4 Å². The van der Waals surface area contributed by atoms with Gasteiger partial charge in [-0.15, -0.1) is 0 Å². The number of carboxylic acids is 1. The average Bonchev–Trinajstić information content (AvgIpc) is 2.83. The summed E-state index contributed by atoms with van der Waals surface area (Å²) < 4.78 is 27.7. The number of carbonyl (C=O) groups is 2. The van der Waals surface area contributed by atoms with Crippen LogP contribution in [0.25, 0.3) is 0 Å². The standard InChI is InChI=1S/C26H28N2O5S/c1-19-13-15-22(16-14-19)34(32,33)28(2)24(18-21-11-7-4-8-12-21)25(29)27-23(26(30)31)17-20-9-5-3-6-10-20/h3-16,23-24H,17-18H2,1-2H3,(H,27,29)(H,30,31)/t23-,24-/m0/s1. The number of nitrogens with zero attached hydrogens (tertiary/aromatic N) is 1. The normalized spacial score (nSPS) is 13.3. The van der Waals surface area contributed by atoms with Gasteiger partial charge >= 0.3 is 5.97 Å². The van der Waals surface area contributed by atoms with E-state index in [1.807, 2.05) is 19.1 Å². The van der Waals surface area contributed by atoms with Crippen molar-refractivity contribution in [1.29, 1.82) is 0 Å². The molecule has 0 saturated heterocycles. The summed E-state index contributed by atoms with van der Waals surface area (Å²) in [7, 11) is -2.67. The van der Waals surface area contributed by atoms with Crippen LogP contribution in [0.2, 0.25) is 0 Å². The molecule has 3 aromatic rings. The van der Waals surface area contributed by atoms with Gasteiger partial charge in [0.15, 0.2) is 0 Å². The van der Waals surface area contributed by atoms with Gasteiger partial charge in [0.05, 0.1) is 4.90 Å². The number of aliphatic carboxylic acids is 1. The third-order valence-electron chi connectivity index (χ3n) is 5.61. The van der Waals surface area contributed by atoms with E-state index >= 15 is 0 Å². The van der Waals surface area contributed by atoms with Crippen LogP contribution in [0.4, 0.5) is 0 Å². The van der Waals surface area contributed by atoms with Crippen molar-refractivity contribution >= 4 is 21.9 Å². The van der Waals surface area contributed by atoms with E-state index in [1.54, 1.807) is 60.7 Å². The summed E-state index contributed by atoms with van der Waals surface area (Å²) in [5.74, 6) is -1.87. The molecular weight excluding hydrogens is 452 g/mol. The number of hydrogen-bond acceptors (Lipinski definition) is 4. The quantitative estimate of drug-likeness (QED) is 0.464. The summed E-state index contributed by atoms with van der Waals surface area (Å²) in [6, 6.07) is 22.0. The van der Waals surface area contributed by atoms with Crippen molar-refractivity contribution in [3.63, 3.8) is 0 Å². The van der Waals surface area contributed by atoms with Crippen molar-refractivity contribution in [3.8, 4) is 0 Å². The van der Waals surface area contributed by atoms with Crippen molar-refractivity contribution in [2.24, 2.45) is 0 Å². The monoisotopic (exact) mass is 480 g/mol. The average molecular weight is 481 g/mol. The van der Waals surface area contributed by atoms with E-state index in [1.165, 1.54) is 19.2 Å². The number of nitrogens with one attached hydrogen (secondary N) is 1. The molecule has 34 heavy (non-hydrogen) atoms. The van der Waals surface area contributed by atoms with Crippen molar-refractivity contribution in [3.05, 3.63) is 102 Å². The van der Waals surface area contributed by atoms with E-state index in [-0.39, 0.29) is 17.7 Å². The molecule has 0 saturated carbocycles. The molecule has 178 valence electrons. The Balaban J connectivity index is 1.90. The number of carboxylic acid groups (broad SMARTS) is 1. The number of benzene rings is 3. The Morgan fingerprint density at radius 1 is 0.853 bits per heavy atom. The first-order chi connectivity index (χ1) is 16.2. The minimum atomic E-state index is -4.01. The molecule has 0 heterocycles. The zero-order valence-electron chi connectivity index (χ0n) is 19.1. The maximum absolute atomic E-state index is 13.3. The number of rotatable bonds is 10. The van der Waals surface area contributed by atoms with E-state index in [0.717, 1.165) is 21.0 Å². The zero-order chi connectivity index (χ0) is 24.7. The molecule has 1 amide bonds. The summed E-state index contributed by atoms with van der Waals surface area (Å²) in [6.07, 6.45) is 0.167. The highest BCUT2D eigenvalue weighted by atomic mass is 32.2. The van der Waals surface area contributed by atoms with Crippen LogP contribution in [0.5, 0.6) is 0 Å². The fourth-order valence-electron chi connectivity index (χ4n) is 3.59. The molecule has 3 aromatic carbocycles. The Morgan fingerprint density at radius 3 is 1.85 bits per heavy atom. The Labute approximate surface area is 200 Å². The number of sulfonamides is 1. The molecule has 8 heteroatoms. The topological polar surface area (TPSA) is 104 Å². The van der Waals surface area contributed by atoms with E-state index in [4.69, 9.17) is 0 Å². The van der Waals surface area contributed by atoms with Crippen LogP contribution in [0, 0.1) is 6.92 Å². The maximum Gasteiger partial charge on any atom is 0.326 e. The molecule has 0 aromatic heterocycles. The Kier molecular flexibility index (Phi) is 8.20. The van der Waals surface area contributed by atoms with Gasteiger partial charge in [0.1, 0.15) is 12.1 Å². The van der Waals surface area contributed by atoms with Crippen LogP contribution in [0.1, 0.15) is 16.7 Å². The van der Waals surface area contributed by atoms with Gasteiger partial charge in [-0.05, 0) is 36.6 Å². The predicted octanol–water partition coefficient (Wildman–Crippen LogP) is 3.04. The zero-order valence-corrected chi connectivity index (χ0v) is 19.9. The molecule has 0 radical (unpaired) electrons. The number of likely N-dealkylation sites (N-methyl/N-ethyl adjacent to an activating group) is 1. The van der Waals surface area contributed by atoms with Crippen LogP contribution < -0.4 is 5.32 Å². The van der Waals surface area contributed by atoms with Gasteiger partial charge in [-0.3, -0.25) is 4.79 Å². The minimum Gasteiger partial charge on any atom is -0.480 e. The van der Waals surface area contributed by atoms with E-state index in [2.05, 4.69) is 5.32 Å². The molecule has 0 fully saturated rings. The maximum atomic E-state index is 13.3. The molecule has 3 rings (SSSR count). The smallest absolute Gasteiger partial charge is 0.326 e. The second kappa shape index (κ2) is 11.1. The van der Waals surface area contributed by atoms with Gasteiger partial charge in [-0.1, -0.05) is 78.4 Å². The van der Waals surface area contributed by atoms with E-state index in [0.29, 0.717) is 0 Å². The first-order valence-electron chi connectivity index (χ1n) is 10.8. The summed E-state index contributed by atoms with van der Waals surface area (Å²) in [4.78, 5) is 25.3. The van der Waals surface area contributed by atoms with Crippen LogP contribution >= 0.6 is 0 Å². The lowest BCUT2D eigenvalue weighted by molar-refractivity contribution is -0.142. The lowest BCUT2D eigenvalue weighted by Gasteiger charge is -2.28. The Hall–Kier alpha value is -3.49. The Bertz CT molecular complexity index is 1210. The first kappa shape index (κ1) is 25.1. The van der Waals surface area contributed by atoms with Crippen molar-refractivity contribution < 1.29 is 23.1 Å². The van der Waals surface area contributed by atoms with Crippen molar-refractivity contribution in [2.75, 3.05) is 7.05 Å². The number of amides is 1. The largest absolute Gasteiger partial charge is 0.480 e. The highest BCUT2D eigenvalue weighted by molar-refractivity contribution is 7.89. The summed E-state index contributed by atoms with van der Waals surface area (Å²) in [5, 5.41) is 12.3. The summed E-state index contributed by atoms with van der Waals surface area (Å²) in [5.41, 5.74) is 2.41.